The Balaban J connectivity index is 1.82. The van der Waals surface area contributed by atoms with Crippen molar-refractivity contribution in [3.05, 3.63) is 0 Å². The molecule has 2 rings (SSSR count). The highest BCUT2D eigenvalue weighted by atomic mass is 16.2. The summed E-state index contributed by atoms with van der Waals surface area (Å²) in [5.74, 6) is 1.71. The molecule has 0 saturated carbocycles. The van der Waals surface area contributed by atoms with E-state index in [1.165, 1.54) is 32.6 Å². The van der Waals surface area contributed by atoms with Crippen molar-refractivity contribution < 1.29 is 5.11 Å². The fourth-order valence-electron chi connectivity index (χ4n) is 3.48. The Morgan fingerprint density at radius 3 is 2.75 bits per heavy atom. The maximum absolute atomic E-state index is 8.77. The molecule has 2 aliphatic rings. The van der Waals surface area contributed by atoms with Crippen LogP contribution in [0.25, 0.3) is 0 Å². The molecule has 0 spiro atoms. The maximum Gasteiger partial charge on any atom is 0.0431 e. The van der Waals surface area contributed by atoms with Gasteiger partial charge in [0.2, 0.25) is 0 Å². The lowest BCUT2D eigenvalue weighted by Gasteiger charge is -2.35. The lowest BCUT2D eigenvalue weighted by molar-refractivity contribution is 0.136. The van der Waals surface area contributed by atoms with Crippen LogP contribution < -0.4 is 5.32 Å². The number of hydrogen-bond acceptors (Lipinski definition) is 3. The molecule has 2 saturated heterocycles. The topological polar surface area (TPSA) is 35.5 Å². The third-order valence-electron chi connectivity index (χ3n) is 4.60. The molecule has 2 heterocycles. The van der Waals surface area contributed by atoms with Crippen LogP contribution in [0.15, 0.2) is 0 Å². The van der Waals surface area contributed by atoms with Gasteiger partial charge in [-0.25, -0.2) is 0 Å². The molecule has 2 fully saturated rings. The largest absolute Gasteiger partial charge is 0.396 e. The van der Waals surface area contributed by atoms with Crippen molar-refractivity contribution in [3.8, 4) is 0 Å². The lowest BCUT2D eigenvalue weighted by Crippen LogP contribution is -2.44. The first-order chi connectivity index (χ1) is 7.66. The zero-order chi connectivity index (χ0) is 11.6. The van der Waals surface area contributed by atoms with Gasteiger partial charge in [0.15, 0.2) is 0 Å². The molecule has 0 aromatic carbocycles. The van der Waals surface area contributed by atoms with Crippen LogP contribution in [0.1, 0.15) is 33.1 Å². The van der Waals surface area contributed by atoms with Gasteiger partial charge in [-0.15, -0.1) is 0 Å². The van der Waals surface area contributed by atoms with E-state index in [9.17, 15) is 0 Å². The molecule has 2 N–H and O–H groups in total. The molecule has 2 atom stereocenters. The molecule has 3 nitrogen and oxygen atoms in total. The summed E-state index contributed by atoms with van der Waals surface area (Å²) in [4.78, 5) is 2.67. The molecular formula is C13H26N2O. The predicted octanol–water partition coefficient (Wildman–Crippen LogP) is 1.08. The van der Waals surface area contributed by atoms with E-state index in [4.69, 9.17) is 5.11 Å². The Bertz CT molecular complexity index is 230. The summed E-state index contributed by atoms with van der Waals surface area (Å²) in [6.07, 6.45) is 3.36. The van der Waals surface area contributed by atoms with Gasteiger partial charge < -0.3 is 10.4 Å². The van der Waals surface area contributed by atoms with E-state index in [1.54, 1.807) is 0 Å². The number of fused-ring (bicyclic) bond motifs is 1. The summed E-state index contributed by atoms with van der Waals surface area (Å²) in [6, 6.07) is 0. The molecule has 0 radical (unpaired) electrons. The van der Waals surface area contributed by atoms with Crippen molar-refractivity contribution >= 4 is 0 Å². The van der Waals surface area contributed by atoms with Crippen LogP contribution in [0.3, 0.4) is 0 Å². The SMILES string of the molecule is CC1(C)C2CNCC2CN1CCCCCO. The van der Waals surface area contributed by atoms with Crippen LogP contribution in [0.4, 0.5) is 0 Å². The van der Waals surface area contributed by atoms with Gasteiger partial charge in [-0.1, -0.05) is 0 Å². The zero-order valence-electron chi connectivity index (χ0n) is 10.7. The third-order valence-corrected chi connectivity index (χ3v) is 4.60. The number of likely N-dealkylation sites (tertiary alicyclic amines) is 1. The van der Waals surface area contributed by atoms with E-state index in [2.05, 4.69) is 24.1 Å². The average molecular weight is 226 g/mol. The van der Waals surface area contributed by atoms with Crippen LogP contribution in [-0.2, 0) is 0 Å². The van der Waals surface area contributed by atoms with Gasteiger partial charge in [0.05, 0.1) is 0 Å². The van der Waals surface area contributed by atoms with Crippen LogP contribution >= 0.6 is 0 Å². The highest BCUT2D eigenvalue weighted by Crippen LogP contribution is 2.40. The van der Waals surface area contributed by atoms with Gasteiger partial charge in [-0.05, 0) is 58.0 Å². The van der Waals surface area contributed by atoms with Gasteiger partial charge in [0, 0.05) is 25.2 Å². The predicted molar refractivity (Wildman–Crippen MR) is 66.4 cm³/mol. The molecule has 94 valence electrons. The summed E-state index contributed by atoms with van der Waals surface area (Å²) in [5, 5.41) is 12.3. The lowest BCUT2D eigenvalue weighted by atomic mass is 9.85. The van der Waals surface area contributed by atoms with Gasteiger partial charge in [-0.2, -0.15) is 0 Å². The zero-order valence-corrected chi connectivity index (χ0v) is 10.7. The van der Waals surface area contributed by atoms with Crippen molar-refractivity contribution in [3.63, 3.8) is 0 Å². The standard InChI is InChI=1S/C13H26N2O/c1-13(2)12-9-14-8-11(12)10-15(13)6-4-3-5-7-16/h11-12,14,16H,3-10H2,1-2H3. The van der Waals surface area contributed by atoms with Gasteiger partial charge in [0.1, 0.15) is 0 Å². The molecule has 0 bridgehead atoms. The van der Waals surface area contributed by atoms with E-state index >= 15 is 0 Å². The Kier molecular flexibility index (Phi) is 3.88. The average Bonchev–Trinajstić information content (AvgIpc) is 2.78. The molecule has 0 aliphatic carbocycles. The van der Waals surface area contributed by atoms with Gasteiger partial charge >= 0.3 is 0 Å². The second-order valence-corrected chi connectivity index (χ2v) is 5.91. The number of aliphatic hydroxyl groups excluding tert-OH is 1. The quantitative estimate of drug-likeness (QED) is 0.689. The smallest absolute Gasteiger partial charge is 0.0431 e. The fraction of sp³-hybridized carbons (Fsp3) is 1.00. The first-order valence-corrected chi connectivity index (χ1v) is 6.73. The summed E-state index contributed by atoms with van der Waals surface area (Å²) >= 11 is 0. The minimum Gasteiger partial charge on any atom is -0.396 e. The second kappa shape index (κ2) is 5.03. The maximum atomic E-state index is 8.77. The van der Waals surface area contributed by atoms with E-state index in [1.807, 2.05) is 0 Å². The van der Waals surface area contributed by atoms with Crippen molar-refractivity contribution in [2.75, 3.05) is 32.8 Å². The van der Waals surface area contributed by atoms with Crippen molar-refractivity contribution in [1.82, 2.24) is 10.2 Å². The fourth-order valence-corrected chi connectivity index (χ4v) is 3.48. The molecule has 3 heteroatoms. The molecule has 0 aromatic heterocycles. The number of nitrogens with zero attached hydrogens (tertiary/aromatic N) is 1. The molecule has 2 aliphatic heterocycles. The summed E-state index contributed by atoms with van der Waals surface area (Å²) in [5.41, 5.74) is 0.368. The number of nitrogens with one attached hydrogen (secondary N) is 1. The van der Waals surface area contributed by atoms with Crippen LogP contribution in [-0.4, -0.2) is 48.3 Å². The van der Waals surface area contributed by atoms with E-state index in [0.29, 0.717) is 12.1 Å². The second-order valence-electron chi connectivity index (χ2n) is 5.91. The van der Waals surface area contributed by atoms with E-state index < -0.39 is 0 Å². The Hall–Kier alpha value is -0.120. The van der Waals surface area contributed by atoms with Crippen LogP contribution in [0.5, 0.6) is 0 Å². The third kappa shape index (κ3) is 2.27. The number of hydrogen-bond donors (Lipinski definition) is 2. The van der Waals surface area contributed by atoms with Crippen LogP contribution in [0, 0.1) is 11.8 Å². The minimum absolute atomic E-state index is 0.346. The molecule has 0 aromatic rings. The monoisotopic (exact) mass is 226 g/mol. The number of aliphatic hydroxyl groups is 1. The van der Waals surface area contributed by atoms with Crippen molar-refractivity contribution in [1.29, 1.82) is 0 Å². The molecule has 0 amide bonds. The highest BCUT2D eigenvalue weighted by molar-refractivity contribution is 5.04. The number of unbranched alkanes of at least 4 members (excludes halogenated alkanes) is 2. The molecular weight excluding hydrogens is 200 g/mol. The Morgan fingerprint density at radius 1 is 1.25 bits per heavy atom. The van der Waals surface area contributed by atoms with Gasteiger partial charge in [0.25, 0.3) is 0 Å². The first kappa shape index (κ1) is 12.3. The van der Waals surface area contributed by atoms with E-state index in [-0.39, 0.29) is 0 Å². The van der Waals surface area contributed by atoms with Gasteiger partial charge in [-0.3, -0.25) is 4.90 Å². The normalized spacial score (nSPS) is 33.2. The molecule has 2 unspecified atom stereocenters. The molecule has 16 heavy (non-hydrogen) atoms. The summed E-state index contributed by atoms with van der Waals surface area (Å²) in [6.45, 7) is 10.0. The summed E-state index contributed by atoms with van der Waals surface area (Å²) in [7, 11) is 0. The first-order valence-electron chi connectivity index (χ1n) is 6.73. The number of rotatable bonds is 5. The van der Waals surface area contributed by atoms with Crippen LogP contribution in [0.2, 0.25) is 0 Å². The van der Waals surface area contributed by atoms with E-state index in [0.717, 1.165) is 24.7 Å². The van der Waals surface area contributed by atoms with Crippen molar-refractivity contribution in [2.24, 2.45) is 11.8 Å². The van der Waals surface area contributed by atoms with Crippen molar-refractivity contribution in [2.45, 2.75) is 38.6 Å². The minimum atomic E-state index is 0.346. The Labute approximate surface area is 99.2 Å². The summed E-state index contributed by atoms with van der Waals surface area (Å²) < 4.78 is 0. The highest BCUT2D eigenvalue weighted by Gasteiger charge is 2.48. The Morgan fingerprint density at radius 2 is 2.06 bits per heavy atom.